The first kappa shape index (κ1) is 10.3. The molecular formula is C11H11ClO3. The van der Waals surface area contributed by atoms with Crippen molar-refractivity contribution < 1.29 is 14.3 Å². The number of esters is 1. The molecule has 0 amide bonds. The molecular weight excluding hydrogens is 216 g/mol. The van der Waals surface area contributed by atoms with E-state index in [1.165, 1.54) is 7.11 Å². The molecule has 2 rings (SSSR count). The zero-order chi connectivity index (χ0) is 10.8. The molecule has 1 aromatic rings. The molecule has 4 heteroatoms. The highest BCUT2D eigenvalue weighted by molar-refractivity contribution is 6.30. The number of fused-ring (bicyclic) bond motifs is 1. The first-order chi connectivity index (χ1) is 7.19. The summed E-state index contributed by atoms with van der Waals surface area (Å²) in [6.45, 7) is 0. The van der Waals surface area contributed by atoms with Crippen molar-refractivity contribution in [2.45, 2.75) is 18.9 Å². The van der Waals surface area contributed by atoms with Crippen molar-refractivity contribution in [1.29, 1.82) is 0 Å². The lowest BCUT2D eigenvalue weighted by Crippen LogP contribution is -2.18. The molecule has 15 heavy (non-hydrogen) atoms. The minimum atomic E-state index is -0.251. The van der Waals surface area contributed by atoms with Gasteiger partial charge in [0.25, 0.3) is 0 Å². The molecule has 1 unspecified atom stereocenters. The molecule has 0 fully saturated rings. The molecule has 0 saturated heterocycles. The highest BCUT2D eigenvalue weighted by Gasteiger charge is 2.25. The smallest absolute Gasteiger partial charge is 0.309 e. The first-order valence-electron chi connectivity index (χ1n) is 4.71. The molecule has 1 aliphatic rings. The summed E-state index contributed by atoms with van der Waals surface area (Å²) < 4.78 is 10.2. The number of benzene rings is 1. The van der Waals surface area contributed by atoms with E-state index in [9.17, 15) is 4.79 Å². The van der Waals surface area contributed by atoms with Crippen LogP contribution in [-0.2, 0) is 16.0 Å². The number of methoxy groups -OCH3 is 1. The van der Waals surface area contributed by atoms with Gasteiger partial charge in [0.05, 0.1) is 13.5 Å². The Bertz CT molecular complexity index is 389. The van der Waals surface area contributed by atoms with Crippen LogP contribution in [0.5, 0.6) is 5.75 Å². The molecule has 0 N–H and O–H groups in total. The van der Waals surface area contributed by atoms with Gasteiger partial charge in [0, 0.05) is 11.4 Å². The van der Waals surface area contributed by atoms with Crippen LogP contribution in [0.25, 0.3) is 0 Å². The zero-order valence-corrected chi connectivity index (χ0v) is 9.08. The molecule has 0 aliphatic carbocycles. The van der Waals surface area contributed by atoms with Crippen LogP contribution in [-0.4, -0.2) is 19.2 Å². The third-order valence-corrected chi connectivity index (χ3v) is 2.63. The molecule has 0 bridgehead atoms. The van der Waals surface area contributed by atoms with Gasteiger partial charge < -0.3 is 9.47 Å². The van der Waals surface area contributed by atoms with Gasteiger partial charge in [-0.2, -0.15) is 0 Å². The summed E-state index contributed by atoms with van der Waals surface area (Å²) in [5.41, 5.74) is 1.09. The number of carbonyl (C=O) groups excluding carboxylic acids is 1. The lowest BCUT2D eigenvalue weighted by atomic mass is 10.1. The van der Waals surface area contributed by atoms with Gasteiger partial charge in [-0.15, -0.1) is 0 Å². The van der Waals surface area contributed by atoms with Gasteiger partial charge in [-0.1, -0.05) is 17.7 Å². The van der Waals surface area contributed by atoms with Crippen LogP contribution in [0.15, 0.2) is 18.2 Å². The van der Waals surface area contributed by atoms with E-state index in [4.69, 9.17) is 16.3 Å². The Balaban J connectivity index is 2.06. The Morgan fingerprint density at radius 1 is 1.67 bits per heavy atom. The topological polar surface area (TPSA) is 35.5 Å². The van der Waals surface area contributed by atoms with E-state index in [-0.39, 0.29) is 18.5 Å². The largest absolute Gasteiger partial charge is 0.489 e. The van der Waals surface area contributed by atoms with Gasteiger partial charge in [-0.25, -0.2) is 0 Å². The fourth-order valence-corrected chi connectivity index (χ4v) is 1.82. The van der Waals surface area contributed by atoms with E-state index in [2.05, 4.69) is 4.74 Å². The van der Waals surface area contributed by atoms with E-state index in [1.54, 1.807) is 6.07 Å². The van der Waals surface area contributed by atoms with Crippen LogP contribution < -0.4 is 4.74 Å². The van der Waals surface area contributed by atoms with Gasteiger partial charge in [-0.3, -0.25) is 4.79 Å². The van der Waals surface area contributed by atoms with Gasteiger partial charge >= 0.3 is 5.97 Å². The van der Waals surface area contributed by atoms with E-state index in [0.29, 0.717) is 5.02 Å². The van der Waals surface area contributed by atoms with Gasteiger partial charge in [0.1, 0.15) is 11.9 Å². The Kier molecular flexibility index (Phi) is 2.82. The number of ether oxygens (including phenoxy) is 2. The van der Waals surface area contributed by atoms with Gasteiger partial charge in [0.15, 0.2) is 0 Å². The van der Waals surface area contributed by atoms with Gasteiger partial charge in [0.2, 0.25) is 0 Å². The summed E-state index contributed by atoms with van der Waals surface area (Å²) in [5.74, 6) is 0.523. The third-order valence-electron chi connectivity index (χ3n) is 2.39. The van der Waals surface area contributed by atoms with Crippen molar-refractivity contribution in [3.8, 4) is 5.75 Å². The minimum absolute atomic E-state index is 0.120. The van der Waals surface area contributed by atoms with Crippen LogP contribution in [0.1, 0.15) is 12.0 Å². The fraction of sp³-hybridized carbons (Fsp3) is 0.364. The normalized spacial score (nSPS) is 18.1. The second-order valence-corrected chi connectivity index (χ2v) is 3.91. The lowest BCUT2D eigenvalue weighted by molar-refractivity contribution is -0.142. The Morgan fingerprint density at radius 2 is 2.47 bits per heavy atom. The average Bonchev–Trinajstić information content (AvgIpc) is 2.59. The van der Waals surface area contributed by atoms with Crippen LogP contribution in [0.4, 0.5) is 0 Å². The number of carbonyl (C=O) groups is 1. The van der Waals surface area contributed by atoms with Crippen LogP contribution in [0, 0.1) is 0 Å². The molecule has 1 heterocycles. The quantitative estimate of drug-likeness (QED) is 0.726. The maximum atomic E-state index is 11.1. The maximum Gasteiger partial charge on any atom is 0.309 e. The average molecular weight is 227 g/mol. The summed E-state index contributed by atoms with van der Waals surface area (Å²) in [5, 5.41) is 0.646. The molecule has 0 radical (unpaired) electrons. The molecule has 1 aromatic carbocycles. The first-order valence-corrected chi connectivity index (χ1v) is 5.08. The summed E-state index contributed by atoms with van der Waals surface area (Å²) >= 11 is 5.83. The number of halogens is 1. The van der Waals surface area contributed by atoms with E-state index < -0.39 is 0 Å². The highest BCUT2D eigenvalue weighted by atomic mass is 35.5. The molecule has 80 valence electrons. The second-order valence-electron chi connectivity index (χ2n) is 3.48. The summed E-state index contributed by atoms with van der Waals surface area (Å²) in [4.78, 5) is 11.1. The minimum Gasteiger partial charge on any atom is -0.489 e. The number of rotatable bonds is 2. The maximum absolute atomic E-state index is 11.1. The summed E-state index contributed by atoms with van der Waals surface area (Å²) in [6, 6.07) is 5.52. The molecule has 1 aliphatic heterocycles. The van der Waals surface area contributed by atoms with Crippen LogP contribution in [0.2, 0.25) is 5.02 Å². The monoisotopic (exact) mass is 226 g/mol. The number of hydrogen-bond acceptors (Lipinski definition) is 3. The Morgan fingerprint density at radius 3 is 3.20 bits per heavy atom. The molecule has 3 nitrogen and oxygen atoms in total. The molecule has 0 spiro atoms. The summed E-state index contributed by atoms with van der Waals surface area (Å²) in [7, 11) is 1.38. The molecule has 1 atom stereocenters. The Hall–Kier alpha value is -1.22. The van der Waals surface area contributed by atoms with Crippen molar-refractivity contribution in [2.24, 2.45) is 0 Å². The van der Waals surface area contributed by atoms with E-state index >= 15 is 0 Å². The predicted octanol–water partition coefficient (Wildman–Crippen LogP) is 2.21. The molecule has 0 aromatic heterocycles. The van der Waals surface area contributed by atoms with E-state index in [1.807, 2.05) is 12.1 Å². The number of hydrogen-bond donors (Lipinski definition) is 0. The standard InChI is InChI=1S/C11H11ClO3/c1-14-11(13)6-9-4-7-2-3-8(12)5-10(7)15-9/h2-3,5,9H,4,6H2,1H3. The summed E-state index contributed by atoms with van der Waals surface area (Å²) in [6.07, 6.45) is 0.899. The van der Waals surface area contributed by atoms with Crippen molar-refractivity contribution in [3.63, 3.8) is 0 Å². The van der Waals surface area contributed by atoms with Crippen molar-refractivity contribution >= 4 is 17.6 Å². The fourth-order valence-electron chi connectivity index (χ4n) is 1.66. The lowest BCUT2D eigenvalue weighted by Gasteiger charge is -2.08. The van der Waals surface area contributed by atoms with Crippen LogP contribution >= 0.6 is 11.6 Å². The Labute approximate surface area is 92.9 Å². The van der Waals surface area contributed by atoms with Crippen molar-refractivity contribution in [1.82, 2.24) is 0 Å². The van der Waals surface area contributed by atoms with Crippen LogP contribution in [0.3, 0.4) is 0 Å². The second kappa shape index (κ2) is 4.11. The predicted molar refractivity (Wildman–Crippen MR) is 56.2 cm³/mol. The zero-order valence-electron chi connectivity index (χ0n) is 8.33. The van der Waals surface area contributed by atoms with E-state index in [0.717, 1.165) is 17.7 Å². The highest BCUT2D eigenvalue weighted by Crippen LogP contribution is 2.32. The molecule has 0 saturated carbocycles. The van der Waals surface area contributed by atoms with Crippen molar-refractivity contribution in [3.05, 3.63) is 28.8 Å². The SMILES string of the molecule is COC(=O)CC1Cc2ccc(Cl)cc2O1. The van der Waals surface area contributed by atoms with Crippen molar-refractivity contribution in [2.75, 3.05) is 7.11 Å². The third kappa shape index (κ3) is 2.23. The van der Waals surface area contributed by atoms with Gasteiger partial charge in [-0.05, 0) is 17.7 Å².